The van der Waals surface area contributed by atoms with E-state index in [-0.39, 0.29) is 11.5 Å². The summed E-state index contributed by atoms with van der Waals surface area (Å²) in [5.74, 6) is 6.20. The van der Waals surface area contributed by atoms with Gasteiger partial charge < -0.3 is 10.5 Å². The lowest BCUT2D eigenvalue weighted by molar-refractivity contribution is -0.174. The van der Waals surface area contributed by atoms with E-state index in [0.29, 0.717) is 16.7 Å². The topological polar surface area (TPSA) is 35.2 Å². The molecule has 5 rings (SSSR count). The Labute approximate surface area is 240 Å². The van der Waals surface area contributed by atoms with Crippen molar-refractivity contribution in [3.05, 3.63) is 30.3 Å². The quantitative estimate of drug-likeness (QED) is 0.266. The van der Waals surface area contributed by atoms with Crippen LogP contribution in [0.1, 0.15) is 131 Å². The Bertz CT molecular complexity index is 1040. The largest absolute Gasteiger partial charge is 0.488 e. The van der Waals surface area contributed by atoms with Gasteiger partial charge in [0.15, 0.2) is 0 Å². The van der Waals surface area contributed by atoms with Crippen molar-refractivity contribution in [2.24, 2.45) is 51.8 Å². The minimum Gasteiger partial charge on any atom is -0.488 e. The first kappa shape index (κ1) is 29.1. The molecule has 4 fully saturated rings. The number of rotatable bonds is 8. The zero-order valence-corrected chi connectivity index (χ0v) is 26.5. The molecule has 218 valence electrons. The summed E-state index contributed by atoms with van der Waals surface area (Å²) in [6, 6.07) is 6.16. The van der Waals surface area contributed by atoms with Gasteiger partial charge in [-0.3, -0.25) is 0 Å². The fraction of sp³-hybridized carbons (Fsp3) is 0.784. The Morgan fingerprint density at radius 3 is 2.41 bits per heavy atom. The Kier molecular flexibility index (Phi) is 8.02. The fourth-order valence-corrected chi connectivity index (χ4v) is 11.2. The van der Waals surface area contributed by atoms with Gasteiger partial charge in [-0.2, -0.15) is 0 Å². The number of allylic oxidation sites excluding steroid dienone is 1. The van der Waals surface area contributed by atoms with Crippen molar-refractivity contribution in [1.29, 1.82) is 0 Å². The molecule has 0 spiro atoms. The summed E-state index contributed by atoms with van der Waals surface area (Å²) >= 11 is 0. The van der Waals surface area contributed by atoms with Crippen LogP contribution in [-0.2, 0) is 0 Å². The van der Waals surface area contributed by atoms with Crippen molar-refractivity contribution < 1.29 is 4.74 Å². The molecule has 9 unspecified atom stereocenters. The zero-order chi connectivity index (χ0) is 28.2. The molecule has 0 saturated heterocycles. The van der Waals surface area contributed by atoms with Gasteiger partial charge in [0, 0.05) is 5.41 Å². The van der Waals surface area contributed by atoms with Gasteiger partial charge in [-0.1, -0.05) is 85.4 Å². The van der Waals surface area contributed by atoms with Crippen LogP contribution in [0, 0.1) is 51.8 Å². The number of fused-ring (bicyclic) bond motifs is 5. The molecule has 1 aromatic rings. The highest BCUT2D eigenvalue weighted by Gasteiger charge is 2.63. The van der Waals surface area contributed by atoms with E-state index in [0.717, 1.165) is 58.6 Å². The van der Waals surface area contributed by atoms with Crippen LogP contribution in [-0.4, -0.2) is 6.10 Å². The van der Waals surface area contributed by atoms with E-state index in [1.165, 1.54) is 70.6 Å². The molecule has 39 heavy (non-hydrogen) atoms. The molecule has 2 N–H and O–H groups in total. The van der Waals surface area contributed by atoms with Crippen LogP contribution in [0.5, 0.6) is 5.75 Å². The minimum absolute atomic E-state index is 0.135. The summed E-state index contributed by atoms with van der Waals surface area (Å²) in [5, 5.41) is 0. The smallest absolute Gasteiger partial charge is 0.143 e. The summed E-state index contributed by atoms with van der Waals surface area (Å²) in [6.45, 7) is 21.6. The van der Waals surface area contributed by atoms with Crippen LogP contribution in [0.25, 0.3) is 5.57 Å². The Hall–Kier alpha value is -1.44. The van der Waals surface area contributed by atoms with Gasteiger partial charge in [0.25, 0.3) is 0 Å². The summed E-state index contributed by atoms with van der Waals surface area (Å²) in [4.78, 5) is 0. The Morgan fingerprint density at radius 1 is 0.974 bits per heavy atom. The van der Waals surface area contributed by atoms with Crippen molar-refractivity contribution in [3.8, 4) is 5.75 Å². The SMILES string of the molecule is C=C(C)c1ccc(N)c(OC2CCC3(C)C4CCC5(C)C(C(C)CCCCC)CCC5C4CCC3C2(C)C)c1. The van der Waals surface area contributed by atoms with Crippen molar-refractivity contribution in [2.75, 3.05) is 5.73 Å². The maximum atomic E-state index is 6.82. The molecule has 0 heterocycles. The molecule has 9 atom stereocenters. The van der Waals surface area contributed by atoms with Gasteiger partial charge in [0.05, 0.1) is 5.69 Å². The van der Waals surface area contributed by atoms with Crippen LogP contribution in [0.3, 0.4) is 0 Å². The third-order valence-electron chi connectivity index (χ3n) is 13.3. The van der Waals surface area contributed by atoms with E-state index in [9.17, 15) is 0 Å². The first-order valence-electron chi connectivity index (χ1n) is 16.7. The summed E-state index contributed by atoms with van der Waals surface area (Å²) in [5.41, 5.74) is 10.5. The molecule has 0 amide bonds. The number of hydrogen-bond donors (Lipinski definition) is 1. The van der Waals surface area contributed by atoms with Gasteiger partial charge in [-0.15, -0.1) is 0 Å². The number of nitrogen functional groups attached to an aromatic ring is 1. The summed E-state index contributed by atoms with van der Waals surface area (Å²) < 4.78 is 6.82. The fourth-order valence-electron chi connectivity index (χ4n) is 11.2. The number of ether oxygens (including phenoxy) is 1. The lowest BCUT2D eigenvalue weighted by atomic mass is 9.41. The molecule has 1 aromatic carbocycles. The molecule has 4 aliphatic carbocycles. The first-order chi connectivity index (χ1) is 18.4. The molecule has 0 aliphatic heterocycles. The molecule has 0 radical (unpaired) electrons. The molecule has 2 nitrogen and oxygen atoms in total. The molecular formula is C37H59NO. The molecule has 0 bridgehead atoms. The average Bonchev–Trinajstić information content (AvgIpc) is 3.24. The molecule has 4 aliphatic rings. The number of anilines is 1. The predicted octanol–water partition coefficient (Wildman–Crippen LogP) is 10.6. The van der Waals surface area contributed by atoms with Crippen LogP contribution < -0.4 is 10.5 Å². The highest BCUT2D eigenvalue weighted by Crippen LogP contribution is 2.70. The van der Waals surface area contributed by atoms with Crippen LogP contribution in [0.4, 0.5) is 5.69 Å². The maximum absolute atomic E-state index is 6.82. The second-order valence-electron chi connectivity index (χ2n) is 15.7. The summed E-state index contributed by atoms with van der Waals surface area (Å²) in [6.07, 6.45) is 17.0. The van der Waals surface area contributed by atoms with Crippen LogP contribution in [0.2, 0.25) is 0 Å². The number of nitrogens with two attached hydrogens (primary N) is 1. The van der Waals surface area contributed by atoms with Gasteiger partial charge in [-0.05, 0) is 122 Å². The molecule has 0 aromatic heterocycles. The van der Waals surface area contributed by atoms with Gasteiger partial charge in [0.1, 0.15) is 11.9 Å². The van der Waals surface area contributed by atoms with E-state index >= 15 is 0 Å². The van der Waals surface area contributed by atoms with E-state index in [1.807, 2.05) is 6.07 Å². The highest BCUT2D eigenvalue weighted by atomic mass is 16.5. The number of hydrogen-bond acceptors (Lipinski definition) is 2. The normalized spacial score (nSPS) is 39.8. The third-order valence-corrected chi connectivity index (χ3v) is 13.3. The summed E-state index contributed by atoms with van der Waals surface area (Å²) in [7, 11) is 0. The number of unbranched alkanes of at least 4 members (excludes halogenated alkanes) is 2. The Balaban J connectivity index is 1.33. The molecular weight excluding hydrogens is 474 g/mol. The maximum Gasteiger partial charge on any atom is 0.143 e. The minimum atomic E-state index is 0.135. The Morgan fingerprint density at radius 2 is 1.69 bits per heavy atom. The van der Waals surface area contributed by atoms with Crippen molar-refractivity contribution in [1.82, 2.24) is 0 Å². The lowest BCUT2D eigenvalue weighted by Crippen LogP contribution is -2.60. The van der Waals surface area contributed by atoms with Gasteiger partial charge >= 0.3 is 0 Å². The van der Waals surface area contributed by atoms with E-state index < -0.39 is 0 Å². The molecule has 2 heteroatoms. The third kappa shape index (κ3) is 4.88. The number of benzene rings is 1. The van der Waals surface area contributed by atoms with Crippen molar-refractivity contribution in [2.45, 2.75) is 132 Å². The standard InChI is InChI=1S/C37H59NO/c1-9-10-11-12-25(4)28-15-16-29-27-14-18-33-35(5,6)34(39-32-23-26(24(2)3)13-17-31(32)38)20-22-37(33,8)30(27)19-21-36(28,29)7/h13,17,23,25,27-30,33-34H,2,9-12,14-16,18-22,38H2,1,3-8H3. The monoisotopic (exact) mass is 533 g/mol. The van der Waals surface area contributed by atoms with E-state index in [2.05, 4.69) is 67.2 Å². The van der Waals surface area contributed by atoms with Gasteiger partial charge in [-0.25, -0.2) is 0 Å². The zero-order valence-electron chi connectivity index (χ0n) is 26.5. The predicted molar refractivity (Wildman–Crippen MR) is 168 cm³/mol. The second kappa shape index (κ2) is 10.8. The first-order valence-corrected chi connectivity index (χ1v) is 16.7. The van der Waals surface area contributed by atoms with E-state index in [4.69, 9.17) is 10.5 Å². The average molecular weight is 534 g/mol. The van der Waals surface area contributed by atoms with E-state index in [1.54, 1.807) is 0 Å². The highest BCUT2D eigenvalue weighted by molar-refractivity contribution is 5.67. The lowest BCUT2D eigenvalue weighted by Gasteiger charge is -2.65. The van der Waals surface area contributed by atoms with Crippen molar-refractivity contribution >= 4 is 11.3 Å². The van der Waals surface area contributed by atoms with Crippen LogP contribution in [0.15, 0.2) is 24.8 Å². The van der Waals surface area contributed by atoms with Gasteiger partial charge in [0.2, 0.25) is 0 Å². The van der Waals surface area contributed by atoms with Crippen LogP contribution >= 0.6 is 0 Å². The van der Waals surface area contributed by atoms with Crippen molar-refractivity contribution in [3.63, 3.8) is 0 Å². The molecule has 4 saturated carbocycles. The second-order valence-corrected chi connectivity index (χ2v) is 15.7.